The van der Waals surface area contributed by atoms with E-state index in [-0.39, 0.29) is 17.5 Å². The van der Waals surface area contributed by atoms with E-state index in [2.05, 4.69) is 15.9 Å². The normalized spacial score (nSPS) is 18.9. The summed E-state index contributed by atoms with van der Waals surface area (Å²) in [6.45, 7) is 0.710. The predicted molar refractivity (Wildman–Crippen MR) is 80.0 cm³/mol. The second kappa shape index (κ2) is 7.07. The van der Waals surface area contributed by atoms with Crippen LogP contribution in [0.15, 0.2) is 18.2 Å². The number of alkyl halides is 1. The number of carbonyl (C=O) groups excluding carboxylic acids is 1. The van der Waals surface area contributed by atoms with Crippen molar-refractivity contribution in [2.24, 2.45) is 0 Å². The zero-order chi connectivity index (χ0) is 14.5. The zero-order valence-electron chi connectivity index (χ0n) is 11.6. The minimum atomic E-state index is -0.516. The van der Waals surface area contributed by atoms with Crippen molar-refractivity contribution >= 4 is 21.8 Å². The topological polar surface area (TPSA) is 29.5 Å². The number of piperidine rings is 1. The smallest absolute Gasteiger partial charge is 0.257 e. The van der Waals surface area contributed by atoms with Crippen LogP contribution in [0, 0.1) is 5.82 Å². The fourth-order valence-corrected chi connectivity index (χ4v) is 3.17. The van der Waals surface area contributed by atoms with Gasteiger partial charge in [0, 0.05) is 24.0 Å². The van der Waals surface area contributed by atoms with E-state index < -0.39 is 5.82 Å². The summed E-state index contributed by atoms with van der Waals surface area (Å²) >= 11 is 3.42. The van der Waals surface area contributed by atoms with Gasteiger partial charge in [-0.25, -0.2) is 4.39 Å². The van der Waals surface area contributed by atoms with Gasteiger partial charge in [0.25, 0.3) is 5.91 Å². The highest BCUT2D eigenvalue weighted by molar-refractivity contribution is 9.09. The van der Waals surface area contributed by atoms with Crippen LogP contribution in [-0.2, 0) is 0 Å². The molecule has 3 nitrogen and oxygen atoms in total. The first kappa shape index (κ1) is 15.3. The molecule has 20 heavy (non-hydrogen) atoms. The molecule has 1 aliphatic rings. The van der Waals surface area contributed by atoms with Crippen molar-refractivity contribution in [1.82, 2.24) is 4.90 Å². The van der Waals surface area contributed by atoms with Crippen LogP contribution in [0.25, 0.3) is 0 Å². The molecule has 1 heterocycles. The van der Waals surface area contributed by atoms with Crippen molar-refractivity contribution in [1.29, 1.82) is 0 Å². The molecule has 0 saturated carbocycles. The lowest BCUT2D eigenvalue weighted by molar-refractivity contribution is 0.0605. The second-order valence-electron chi connectivity index (χ2n) is 4.97. The number of rotatable bonds is 4. The van der Waals surface area contributed by atoms with E-state index in [4.69, 9.17) is 4.74 Å². The Balaban J connectivity index is 2.20. The van der Waals surface area contributed by atoms with Gasteiger partial charge in [-0.05, 0) is 37.8 Å². The van der Waals surface area contributed by atoms with Crippen molar-refractivity contribution in [2.75, 3.05) is 19.0 Å². The van der Waals surface area contributed by atoms with Crippen molar-refractivity contribution in [3.63, 3.8) is 0 Å². The maximum absolute atomic E-state index is 14.0. The van der Waals surface area contributed by atoms with Crippen LogP contribution in [-0.4, -0.2) is 35.8 Å². The van der Waals surface area contributed by atoms with E-state index in [1.54, 1.807) is 6.07 Å². The summed E-state index contributed by atoms with van der Waals surface area (Å²) in [5.74, 6) is -0.303. The lowest BCUT2D eigenvalue weighted by Gasteiger charge is -2.35. The van der Waals surface area contributed by atoms with Crippen molar-refractivity contribution in [2.45, 2.75) is 31.7 Å². The first-order chi connectivity index (χ1) is 9.67. The molecule has 0 bridgehead atoms. The molecule has 0 aromatic heterocycles. The molecule has 1 fully saturated rings. The van der Waals surface area contributed by atoms with Gasteiger partial charge in [-0.1, -0.05) is 15.9 Å². The Morgan fingerprint density at radius 1 is 1.50 bits per heavy atom. The monoisotopic (exact) mass is 343 g/mol. The molecule has 1 atom stereocenters. The van der Waals surface area contributed by atoms with Gasteiger partial charge < -0.3 is 9.64 Å². The van der Waals surface area contributed by atoms with Crippen LogP contribution in [0.2, 0.25) is 0 Å². The SMILES string of the molecule is COc1ccc(C(=O)N2CCCCC2CCBr)c(F)c1. The Morgan fingerprint density at radius 3 is 2.95 bits per heavy atom. The lowest BCUT2D eigenvalue weighted by Crippen LogP contribution is -2.44. The van der Waals surface area contributed by atoms with E-state index in [1.165, 1.54) is 19.2 Å². The summed E-state index contributed by atoms with van der Waals surface area (Å²) in [7, 11) is 1.48. The molecule has 0 N–H and O–H groups in total. The molecule has 1 amide bonds. The van der Waals surface area contributed by atoms with Crippen LogP contribution in [0.3, 0.4) is 0 Å². The summed E-state index contributed by atoms with van der Waals surface area (Å²) < 4.78 is 19.0. The molecule has 5 heteroatoms. The Labute approximate surface area is 127 Å². The first-order valence-electron chi connectivity index (χ1n) is 6.88. The number of ether oxygens (including phenoxy) is 1. The fraction of sp³-hybridized carbons (Fsp3) is 0.533. The van der Waals surface area contributed by atoms with Gasteiger partial charge in [0.1, 0.15) is 11.6 Å². The van der Waals surface area contributed by atoms with Crippen LogP contribution in [0.1, 0.15) is 36.0 Å². The molecule has 1 aromatic rings. The average Bonchev–Trinajstić information content (AvgIpc) is 2.47. The third-order valence-electron chi connectivity index (χ3n) is 3.74. The van der Waals surface area contributed by atoms with E-state index in [1.807, 2.05) is 4.90 Å². The molecule has 2 rings (SSSR count). The second-order valence-corrected chi connectivity index (χ2v) is 5.76. The van der Waals surface area contributed by atoms with E-state index in [9.17, 15) is 9.18 Å². The molecule has 1 aromatic carbocycles. The van der Waals surface area contributed by atoms with Crippen molar-refractivity contribution < 1.29 is 13.9 Å². The van der Waals surface area contributed by atoms with Gasteiger partial charge in [0.15, 0.2) is 0 Å². The van der Waals surface area contributed by atoms with Crippen molar-refractivity contribution in [3.8, 4) is 5.75 Å². The lowest BCUT2D eigenvalue weighted by atomic mass is 9.98. The van der Waals surface area contributed by atoms with E-state index in [0.717, 1.165) is 31.0 Å². The minimum absolute atomic E-state index is 0.132. The molecule has 1 unspecified atom stereocenters. The third-order valence-corrected chi connectivity index (χ3v) is 4.19. The molecule has 0 radical (unpaired) electrons. The minimum Gasteiger partial charge on any atom is -0.497 e. The van der Waals surface area contributed by atoms with Crippen LogP contribution < -0.4 is 4.74 Å². The Morgan fingerprint density at radius 2 is 2.30 bits per heavy atom. The Bertz CT molecular complexity index is 479. The summed E-state index contributed by atoms with van der Waals surface area (Å²) in [5, 5.41) is 0.854. The number of nitrogens with zero attached hydrogens (tertiary/aromatic N) is 1. The van der Waals surface area contributed by atoms with E-state index >= 15 is 0 Å². The van der Waals surface area contributed by atoms with Gasteiger partial charge in [0.05, 0.1) is 12.7 Å². The highest BCUT2D eigenvalue weighted by Gasteiger charge is 2.28. The van der Waals surface area contributed by atoms with E-state index in [0.29, 0.717) is 12.3 Å². The van der Waals surface area contributed by atoms with Gasteiger partial charge in [-0.2, -0.15) is 0 Å². The van der Waals surface area contributed by atoms with Gasteiger partial charge in [0.2, 0.25) is 0 Å². The Kier molecular flexibility index (Phi) is 5.40. The van der Waals surface area contributed by atoms with Gasteiger partial charge >= 0.3 is 0 Å². The number of methoxy groups -OCH3 is 1. The molecule has 110 valence electrons. The maximum Gasteiger partial charge on any atom is 0.257 e. The highest BCUT2D eigenvalue weighted by atomic mass is 79.9. The van der Waals surface area contributed by atoms with Gasteiger partial charge in [-0.3, -0.25) is 4.79 Å². The maximum atomic E-state index is 14.0. The standard InChI is InChI=1S/C15H19BrFNO2/c1-20-12-5-6-13(14(17)10-12)15(19)18-9-3-2-4-11(18)7-8-16/h5-6,10-11H,2-4,7-9H2,1H3. The number of benzene rings is 1. The van der Waals surface area contributed by atoms with Crippen LogP contribution in [0.5, 0.6) is 5.75 Å². The highest BCUT2D eigenvalue weighted by Crippen LogP contribution is 2.24. The summed E-state index contributed by atoms with van der Waals surface area (Å²) in [4.78, 5) is 14.4. The number of likely N-dealkylation sites (tertiary alicyclic amines) is 1. The van der Waals surface area contributed by atoms with Gasteiger partial charge in [-0.15, -0.1) is 0 Å². The third kappa shape index (κ3) is 3.32. The number of hydrogen-bond acceptors (Lipinski definition) is 2. The number of carbonyl (C=O) groups is 1. The number of amides is 1. The molecule has 1 saturated heterocycles. The molecule has 0 aliphatic carbocycles. The molecule has 1 aliphatic heterocycles. The predicted octanol–water partition coefficient (Wildman–Crippen LogP) is 3.61. The molecular weight excluding hydrogens is 325 g/mol. The Hall–Kier alpha value is -1.10. The number of halogens is 2. The van der Waals surface area contributed by atoms with Crippen LogP contribution >= 0.6 is 15.9 Å². The summed E-state index contributed by atoms with van der Waals surface area (Å²) in [5.41, 5.74) is 0.132. The summed E-state index contributed by atoms with van der Waals surface area (Å²) in [6, 6.07) is 4.60. The molecule has 0 spiro atoms. The largest absolute Gasteiger partial charge is 0.497 e. The zero-order valence-corrected chi connectivity index (χ0v) is 13.2. The number of hydrogen-bond donors (Lipinski definition) is 0. The quantitative estimate of drug-likeness (QED) is 0.781. The summed E-state index contributed by atoms with van der Waals surface area (Å²) in [6.07, 6.45) is 4.02. The van der Waals surface area contributed by atoms with Crippen molar-refractivity contribution in [3.05, 3.63) is 29.6 Å². The molecular formula is C15H19BrFNO2. The fourth-order valence-electron chi connectivity index (χ4n) is 2.64. The van der Waals surface area contributed by atoms with Crippen LogP contribution in [0.4, 0.5) is 4.39 Å². The average molecular weight is 344 g/mol. The first-order valence-corrected chi connectivity index (χ1v) is 8.00.